The van der Waals surface area contributed by atoms with Gasteiger partial charge < -0.3 is 19.7 Å². The van der Waals surface area contributed by atoms with Gasteiger partial charge in [0, 0.05) is 48.0 Å². The van der Waals surface area contributed by atoms with Crippen molar-refractivity contribution >= 4 is 17.3 Å². The summed E-state index contributed by atoms with van der Waals surface area (Å²) in [6.07, 6.45) is 3.47. The lowest BCUT2D eigenvalue weighted by atomic mass is 10.1. The molecule has 35 heavy (non-hydrogen) atoms. The number of hydrogen-bond acceptors (Lipinski definition) is 6. The third-order valence-corrected chi connectivity index (χ3v) is 5.84. The minimum absolute atomic E-state index is 0.186. The van der Waals surface area contributed by atoms with Crippen molar-refractivity contribution < 1.29 is 14.3 Å². The van der Waals surface area contributed by atoms with E-state index in [2.05, 4.69) is 39.2 Å². The molecule has 0 radical (unpaired) electrons. The number of carbonyl (C=O) groups excluding carboxylic acids is 1. The summed E-state index contributed by atoms with van der Waals surface area (Å²) in [7, 11) is 0. The molecule has 2 heterocycles. The van der Waals surface area contributed by atoms with E-state index in [9.17, 15) is 4.79 Å². The second kappa shape index (κ2) is 10.4. The molecule has 1 saturated heterocycles. The molecule has 1 aliphatic rings. The van der Waals surface area contributed by atoms with Crippen LogP contribution in [0.4, 0.5) is 11.4 Å². The van der Waals surface area contributed by atoms with Gasteiger partial charge in [-0.3, -0.25) is 4.79 Å². The molecular formula is C28H26N4O3. The van der Waals surface area contributed by atoms with Gasteiger partial charge in [0.25, 0.3) is 5.91 Å². The molecule has 0 unspecified atom stereocenters. The lowest BCUT2D eigenvalue weighted by molar-refractivity contribution is 0.102. The van der Waals surface area contributed by atoms with E-state index in [0.29, 0.717) is 11.3 Å². The minimum Gasteiger partial charge on any atom is -0.424 e. The average Bonchev–Trinajstić information content (AvgIpc) is 2.91. The van der Waals surface area contributed by atoms with Crippen LogP contribution in [0.5, 0.6) is 11.8 Å². The van der Waals surface area contributed by atoms with Crippen LogP contribution in [-0.4, -0.2) is 42.2 Å². The number of rotatable bonds is 6. The molecule has 5 rings (SSSR count). The van der Waals surface area contributed by atoms with E-state index in [-0.39, 0.29) is 11.9 Å². The zero-order valence-corrected chi connectivity index (χ0v) is 19.5. The predicted molar refractivity (Wildman–Crippen MR) is 136 cm³/mol. The third-order valence-electron chi connectivity index (χ3n) is 5.84. The Kier molecular flexibility index (Phi) is 6.68. The Hall–Kier alpha value is -4.23. The Labute approximate surface area is 204 Å². The number of aromatic nitrogens is 2. The van der Waals surface area contributed by atoms with Crippen LogP contribution in [0.25, 0.3) is 11.1 Å². The summed E-state index contributed by atoms with van der Waals surface area (Å²) in [5, 5.41) is 2.94. The molecule has 4 aromatic rings. The molecule has 3 aromatic carbocycles. The normalized spacial score (nSPS) is 13.3. The van der Waals surface area contributed by atoms with Crippen molar-refractivity contribution in [2.75, 3.05) is 36.5 Å². The maximum atomic E-state index is 12.7. The summed E-state index contributed by atoms with van der Waals surface area (Å²) in [6.45, 7) is 5.28. The topological polar surface area (TPSA) is 76.6 Å². The average molecular weight is 467 g/mol. The zero-order valence-electron chi connectivity index (χ0n) is 19.5. The Morgan fingerprint density at radius 3 is 2.17 bits per heavy atom. The monoisotopic (exact) mass is 466 g/mol. The molecule has 1 aromatic heterocycles. The first-order valence-corrected chi connectivity index (χ1v) is 11.6. The Morgan fingerprint density at radius 1 is 0.857 bits per heavy atom. The maximum absolute atomic E-state index is 12.7. The summed E-state index contributed by atoms with van der Waals surface area (Å²) in [5.41, 5.74) is 5.57. The van der Waals surface area contributed by atoms with Crippen LogP contribution < -0.4 is 15.0 Å². The molecule has 1 fully saturated rings. The summed E-state index contributed by atoms with van der Waals surface area (Å²) < 4.78 is 11.1. The quantitative estimate of drug-likeness (QED) is 0.414. The molecule has 7 heteroatoms. The second-order valence-corrected chi connectivity index (χ2v) is 8.35. The van der Waals surface area contributed by atoms with Crippen LogP contribution in [0.15, 0.2) is 85.2 Å². The molecule has 0 spiro atoms. The van der Waals surface area contributed by atoms with E-state index >= 15 is 0 Å². The van der Waals surface area contributed by atoms with Gasteiger partial charge in [-0.05, 0) is 61.0 Å². The SMILES string of the molecule is Cc1ccc(-c2cnc(Oc3ccc(C(=O)Nc4ccc(N5CCOCC5)cc4)cc3)nc2)cc1. The largest absolute Gasteiger partial charge is 0.424 e. The Bertz CT molecular complexity index is 1270. The first-order valence-electron chi connectivity index (χ1n) is 11.6. The number of hydrogen-bond donors (Lipinski definition) is 1. The van der Waals surface area contributed by atoms with Gasteiger partial charge in [-0.25, -0.2) is 9.97 Å². The highest BCUT2D eigenvalue weighted by Crippen LogP contribution is 2.23. The standard InChI is InChI=1S/C28H26N4O3/c1-20-2-4-21(5-3-20)23-18-29-28(30-19-23)35-26-12-6-22(7-13-26)27(33)31-24-8-10-25(11-9-24)32-14-16-34-17-15-32/h2-13,18-19H,14-17H2,1H3,(H,31,33). The highest BCUT2D eigenvalue weighted by atomic mass is 16.5. The molecule has 0 atom stereocenters. The molecular weight excluding hydrogens is 440 g/mol. The molecule has 176 valence electrons. The number of aryl methyl sites for hydroxylation is 1. The van der Waals surface area contributed by atoms with Crippen molar-refractivity contribution in [3.63, 3.8) is 0 Å². The van der Waals surface area contributed by atoms with Gasteiger partial charge >= 0.3 is 6.01 Å². The van der Waals surface area contributed by atoms with Gasteiger partial charge in [0.2, 0.25) is 0 Å². The van der Waals surface area contributed by atoms with Crippen LogP contribution in [0.1, 0.15) is 15.9 Å². The van der Waals surface area contributed by atoms with Crippen LogP contribution in [0, 0.1) is 6.92 Å². The highest BCUT2D eigenvalue weighted by molar-refractivity contribution is 6.04. The molecule has 1 N–H and O–H groups in total. The predicted octanol–water partition coefficient (Wildman–Crippen LogP) is 5.33. The van der Waals surface area contributed by atoms with E-state index < -0.39 is 0 Å². The van der Waals surface area contributed by atoms with E-state index in [1.54, 1.807) is 36.7 Å². The first-order chi connectivity index (χ1) is 17.1. The van der Waals surface area contributed by atoms with Gasteiger partial charge in [-0.1, -0.05) is 29.8 Å². The summed E-state index contributed by atoms with van der Waals surface area (Å²) in [5.74, 6) is 0.369. The fraction of sp³-hybridized carbons (Fsp3) is 0.179. The number of nitrogens with one attached hydrogen (secondary N) is 1. The van der Waals surface area contributed by atoms with Gasteiger partial charge in [0.15, 0.2) is 0 Å². The third kappa shape index (κ3) is 5.65. The molecule has 0 aliphatic carbocycles. The number of ether oxygens (including phenoxy) is 2. The van der Waals surface area contributed by atoms with Crippen molar-refractivity contribution in [3.8, 4) is 22.9 Å². The van der Waals surface area contributed by atoms with Gasteiger partial charge in [0.1, 0.15) is 5.75 Å². The number of benzene rings is 3. The van der Waals surface area contributed by atoms with E-state index in [1.165, 1.54) is 5.56 Å². The van der Waals surface area contributed by atoms with E-state index in [1.807, 2.05) is 36.4 Å². The molecule has 1 amide bonds. The smallest absolute Gasteiger partial charge is 0.321 e. The van der Waals surface area contributed by atoms with Crippen LogP contribution in [-0.2, 0) is 4.74 Å². The molecule has 0 bridgehead atoms. The van der Waals surface area contributed by atoms with Crippen molar-refractivity contribution in [2.24, 2.45) is 0 Å². The van der Waals surface area contributed by atoms with E-state index in [4.69, 9.17) is 9.47 Å². The number of nitrogens with zero attached hydrogens (tertiary/aromatic N) is 3. The van der Waals surface area contributed by atoms with Crippen molar-refractivity contribution in [1.82, 2.24) is 9.97 Å². The first kappa shape index (κ1) is 22.6. The Morgan fingerprint density at radius 2 is 1.51 bits per heavy atom. The van der Waals surface area contributed by atoms with Crippen LogP contribution in [0.3, 0.4) is 0 Å². The fourth-order valence-corrected chi connectivity index (χ4v) is 3.82. The summed E-state index contributed by atoms with van der Waals surface area (Å²) in [6, 6.07) is 23.2. The molecule has 1 aliphatic heterocycles. The zero-order chi connectivity index (χ0) is 24.0. The lowest BCUT2D eigenvalue weighted by Crippen LogP contribution is -2.36. The highest BCUT2D eigenvalue weighted by Gasteiger charge is 2.12. The minimum atomic E-state index is -0.186. The number of carbonyl (C=O) groups is 1. The van der Waals surface area contributed by atoms with Crippen molar-refractivity contribution in [3.05, 3.63) is 96.3 Å². The van der Waals surface area contributed by atoms with Crippen LogP contribution in [0.2, 0.25) is 0 Å². The summed E-state index contributed by atoms with van der Waals surface area (Å²) in [4.78, 5) is 23.5. The summed E-state index contributed by atoms with van der Waals surface area (Å²) >= 11 is 0. The van der Waals surface area contributed by atoms with Gasteiger partial charge in [0.05, 0.1) is 13.2 Å². The Balaban J connectivity index is 1.18. The van der Waals surface area contributed by atoms with Gasteiger partial charge in [-0.2, -0.15) is 0 Å². The molecule has 0 saturated carbocycles. The fourth-order valence-electron chi connectivity index (χ4n) is 3.82. The number of amides is 1. The number of anilines is 2. The van der Waals surface area contributed by atoms with E-state index in [0.717, 1.165) is 48.8 Å². The van der Waals surface area contributed by atoms with Gasteiger partial charge in [-0.15, -0.1) is 0 Å². The maximum Gasteiger partial charge on any atom is 0.321 e. The molecule has 7 nitrogen and oxygen atoms in total. The lowest BCUT2D eigenvalue weighted by Gasteiger charge is -2.28. The number of morpholine rings is 1. The van der Waals surface area contributed by atoms with Crippen LogP contribution >= 0.6 is 0 Å². The van der Waals surface area contributed by atoms with Crippen molar-refractivity contribution in [1.29, 1.82) is 0 Å². The second-order valence-electron chi connectivity index (χ2n) is 8.35. The van der Waals surface area contributed by atoms with Crippen molar-refractivity contribution in [2.45, 2.75) is 6.92 Å².